The maximum atomic E-state index is 12.9. The van der Waals surface area contributed by atoms with E-state index in [1.807, 2.05) is 18.2 Å². The zero-order valence-electron chi connectivity index (χ0n) is 20.9. The summed E-state index contributed by atoms with van der Waals surface area (Å²) >= 11 is 0. The highest BCUT2D eigenvalue weighted by Gasteiger charge is 2.33. The topological polar surface area (TPSA) is 95.0 Å². The predicted molar refractivity (Wildman–Crippen MR) is 138 cm³/mol. The van der Waals surface area contributed by atoms with Crippen LogP contribution in [0.1, 0.15) is 57.4 Å². The van der Waals surface area contributed by atoms with Crippen LogP contribution in [0.4, 0.5) is 0 Å². The molecule has 1 saturated heterocycles. The van der Waals surface area contributed by atoms with E-state index in [4.69, 9.17) is 13.7 Å². The average molecular weight is 523 g/mol. The Morgan fingerprint density at radius 3 is 2.32 bits per heavy atom. The molecule has 0 bridgehead atoms. The van der Waals surface area contributed by atoms with Gasteiger partial charge in [-0.25, -0.2) is 0 Å². The third kappa shape index (κ3) is 6.29. The lowest BCUT2D eigenvalue weighted by Crippen LogP contribution is -2.48. The summed E-state index contributed by atoms with van der Waals surface area (Å²) < 4.78 is 38.9. The van der Waals surface area contributed by atoms with Crippen LogP contribution in [0.2, 0.25) is 0 Å². The molecule has 194 valence electrons. The zero-order chi connectivity index (χ0) is 26.0. The summed E-state index contributed by atoms with van der Waals surface area (Å²) in [7, 11) is -1.94. The Morgan fingerprint density at radius 2 is 1.65 bits per heavy atom. The number of ether oxygens (including phenoxy) is 2. The lowest BCUT2D eigenvalue weighted by atomic mass is 9.91. The van der Waals surface area contributed by atoms with E-state index < -0.39 is 10.1 Å². The van der Waals surface area contributed by atoms with E-state index in [1.54, 1.807) is 24.1 Å². The Balaban J connectivity index is 1.17. The van der Waals surface area contributed by atoms with E-state index in [1.165, 1.54) is 24.6 Å². The fourth-order valence-corrected chi connectivity index (χ4v) is 4.74. The first-order valence-electron chi connectivity index (χ1n) is 12.3. The summed E-state index contributed by atoms with van der Waals surface area (Å²) in [4.78, 5) is 18.7. The Hall–Kier alpha value is -3.43. The van der Waals surface area contributed by atoms with Crippen LogP contribution in [-0.2, 0) is 27.5 Å². The van der Waals surface area contributed by atoms with E-state index in [0.717, 1.165) is 23.3 Å². The van der Waals surface area contributed by atoms with Gasteiger partial charge in [0.1, 0.15) is 12.3 Å². The maximum absolute atomic E-state index is 12.9. The van der Waals surface area contributed by atoms with Gasteiger partial charge in [-0.2, -0.15) is 8.42 Å². The molecule has 2 aromatic carbocycles. The van der Waals surface area contributed by atoms with Crippen molar-refractivity contribution in [2.75, 3.05) is 26.5 Å². The van der Waals surface area contributed by atoms with Gasteiger partial charge in [-0.3, -0.25) is 14.0 Å². The molecule has 8 nitrogen and oxygen atoms in total. The van der Waals surface area contributed by atoms with Crippen LogP contribution in [0.25, 0.3) is 0 Å². The number of rotatable bonds is 10. The van der Waals surface area contributed by atoms with Gasteiger partial charge in [-0.05, 0) is 65.3 Å². The van der Waals surface area contributed by atoms with Gasteiger partial charge < -0.3 is 14.4 Å². The summed E-state index contributed by atoms with van der Waals surface area (Å²) in [5.41, 5.74) is 4.43. The van der Waals surface area contributed by atoms with Gasteiger partial charge in [0.05, 0.1) is 20.0 Å². The van der Waals surface area contributed by atoms with Gasteiger partial charge in [0.15, 0.2) is 11.5 Å². The standard InChI is InChI=1S/C28H30N2O6S/c1-34-27-14-23(9-10-26(27)35-17-19-3-5-21(6-4-19)22-7-8-22)24-15-30(16-24)28(31)25-13-20(11-12-29-25)18-36-37(2,32)33/h3-6,9-14,22,24H,7-8,15-18H2,1-2H3. The predicted octanol–water partition coefficient (Wildman–Crippen LogP) is 4.26. The summed E-state index contributed by atoms with van der Waals surface area (Å²) in [6.07, 6.45) is 5.05. The van der Waals surface area contributed by atoms with Crippen molar-refractivity contribution in [2.24, 2.45) is 0 Å². The van der Waals surface area contributed by atoms with Gasteiger partial charge in [-0.15, -0.1) is 0 Å². The molecule has 0 spiro atoms. The van der Waals surface area contributed by atoms with Crippen molar-refractivity contribution < 1.29 is 26.9 Å². The SMILES string of the molecule is COc1cc(C2CN(C(=O)c3cc(COS(C)(=O)=O)ccn3)C2)ccc1OCc1ccc(C2CC2)cc1. The number of hydrogen-bond donors (Lipinski definition) is 0. The van der Waals surface area contributed by atoms with Crippen LogP contribution in [0, 0.1) is 0 Å². The number of hydrogen-bond acceptors (Lipinski definition) is 7. The number of aromatic nitrogens is 1. The highest BCUT2D eigenvalue weighted by atomic mass is 32.2. The number of carbonyl (C=O) groups is 1. The van der Waals surface area contributed by atoms with E-state index in [-0.39, 0.29) is 24.1 Å². The fourth-order valence-electron chi connectivity index (χ4n) is 4.39. The van der Waals surface area contributed by atoms with Crippen molar-refractivity contribution >= 4 is 16.0 Å². The van der Waals surface area contributed by atoms with Crippen molar-refractivity contribution in [3.05, 3.63) is 88.7 Å². The van der Waals surface area contributed by atoms with Crippen molar-refractivity contribution in [1.29, 1.82) is 0 Å². The van der Waals surface area contributed by atoms with E-state index in [0.29, 0.717) is 36.8 Å². The number of likely N-dealkylation sites (tertiary alicyclic amines) is 1. The average Bonchev–Trinajstić information content (AvgIpc) is 3.71. The minimum atomic E-state index is -3.57. The molecule has 1 saturated carbocycles. The molecule has 2 aliphatic rings. The number of amides is 1. The minimum absolute atomic E-state index is 0.135. The molecule has 2 heterocycles. The maximum Gasteiger partial charge on any atom is 0.272 e. The highest BCUT2D eigenvalue weighted by molar-refractivity contribution is 7.85. The van der Waals surface area contributed by atoms with Gasteiger partial charge in [0.2, 0.25) is 0 Å². The van der Waals surface area contributed by atoms with Crippen LogP contribution >= 0.6 is 0 Å². The van der Waals surface area contributed by atoms with Crippen molar-refractivity contribution in [1.82, 2.24) is 9.88 Å². The van der Waals surface area contributed by atoms with Gasteiger partial charge in [0.25, 0.3) is 16.0 Å². The first-order valence-corrected chi connectivity index (χ1v) is 14.1. The van der Waals surface area contributed by atoms with Crippen LogP contribution < -0.4 is 9.47 Å². The van der Waals surface area contributed by atoms with Gasteiger partial charge in [-0.1, -0.05) is 30.3 Å². The van der Waals surface area contributed by atoms with Crippen LogP contribution in [0.5, 0.6) is 11.5 Å². The Morgan fingerprint density at radius 1 is 0.919 bits per heavy atom. The fraction of sp³-hybridized carbons (Fsp3) is 0.357. The van der Waals surface area contributed by atoms with E-state index in [2.05, 4.69) is 29.2 Å². The lowest BCUT2D eigenvalue weighted by molar-refractivity contribution is 0.0595. The number of carbonyl (C=O) groups excluding carboxylic acids is 1. The van der Waals surface area contributed by atoms with Crippen LogP contribution in [0.3, 0.4) is 0 Å². The first kappa shape index (κ1) is 25.2. The Labute approximate surface area is 217 Å². The highest BCUT2D eigenvalue weighted by Crippen LogP contribution is 2.40. The van der Waals surface area contributed by atoms with Crippen molar-refractivity contribution in [2.45, 2.75) is 37.9 Å². The first-order chi connectivity index (χ1) is 17.8. The molecule has 2 fully saturated rings. The molecule has 1 aliphatic carbocycles. The molecular formula is C28H30N2O6S. The Bertz CT molecular complexity index is 1380. The largest absolute Gasteiger partial charge is 0.493 e. The van der Waals surface area contributed by atoms with Gasteiger partial charge in [0, 0.05) is 25.2 Å². The smallest absolute Gasteiger partial charge is 0.272 e. The number of pyridine rings is 1. The summed E-state index contributed by atoms with van der Waals surface area (Å²) in [5.74, 6) is 2.07. The molecule has 0 N–H and O–H groups in total. The molecule has 1 amide bonds. The summed E-state index contributed by atoms with van der Waals surface area (Å²) in [6, 6.07) is 17.7. The number of benzene rings is 2. The third-order valence-corrected chi connectivity index (χ3v) is 7.28. The van der Waals surface area contributed by atoms with Crippen LogP contribution in [0.15, 0.2) is 60.8 Å². The lowest BCUT2D eigenvalue weighted by Gasteiger charge is -2.39. The molecule has 37 heavy (non-hydrogen) atoms. The second-order valence-electron chi connectivity index (χ2n) is 9.64. The number of methoxy groups -OCH3 is 1. The molecule has 5 rings (SSSR count). The summed E-state index contributed by atoms with van der Waals surface area (Å²) in [5, 5.41) is 0. The molecule has 1 aromatic heterocycles. The third-order valence-electron chi connectivity index (χ3n) is 6.73. The van der Waals surface area contributed by atoms with E-state index in [9.17, 15) is 13.2 Å². The molecule has 9 heteroatoms. The molecule has 3 aromatic rings. The molecule has 0 unspecified atom stereocenters. The minimum Gasteiger partial charge on any atom is -0.493 e. The van der Waals surface area contributed by atoms with E-state index >= 15 is 0 Å². The zero-order valence-corrected chi connectivity index (χ0v) is 21.7. The molecule has 0 radical (unpaired) electrons. The Kier molecular flexibility index (Phi) is 7.17. The van der Waals surface area contributed by atoms with Crippen molar-refractivity contribution in [3.63, 3.8) is 0 Å². The number of nitrogens with zero attached hydrogens (tertiary/aromatic N) is 2. The van der Waals surface area contributed by atoms with Crippen molar-refractivity contribution in [3.8, 4) is 11.5 Å². The second-order valence-corrected chi connectivity index (χ2v) is 11.3. The van der Waals surface area contributed by atoms with Crippen LogP contribution in [-0.4, -0.2) is 50.7 Å². The van der Waals surface area contributed by atoms with Gasteiger partial charge >= 0.3 is 0 Å². The quantitative estimate of drug-likeness (QED) is 0.367. The second kappa shape index (κ2) is 10.5. The molecular weight excluding hydrogens is 492 g/mol. The summed E-state index contributed by atoms with van der Waals surface area (Å²) in [6.45, 7) is 1.44. The molecule has 0 atom stereocenters. The molecule has 1 aliphatic heterocycles. The monoisotopic (exact) mass is 522 g/mol. The normalized spacial score (nSPS) is 15.8.